The van der Waals surface area contributed by atoms with E-state index in [2.05, 4.69) is 4.90 Å². The monoisotopic (exact) mass is 281 g/mol. The van der Waals surface area contributed by atoms with Crippen LogP contribution in [0.15, 0.2) is 29.2 Å². The zero-order chi connectivity index (χ0) is 13.7. The molecule has 2 rings (SSSR count). The largest absolute Gasteiger partial charge is 0.303 e. The van der Waals surface area contributed by atoms with Crippen LogP contribution in [0.3, 0.4) is 0 Å². The van der Waals surface area contributed by atoms with Crippen LogP contribution in [0.25, 0.3) is 0 Å². The Kier molecular flexibility index (Phi) is 4.99. The SMILES string of the molecule is Cc1ccc(S(=O)(=O)CCCN2CCCCC2)cc1. The average Bonchev–Trinajstić information content (AvgIpc) is 2.40. The van der Waals surface area contributed by atoms with E-state index in [1.54, 1.807) is 12.1 Å². The Labute approximate surface area is 116 Å². The standard InChI is InChI=1S/C15H23NO2S/c1-14-6-8-15(9-7-14)19(17,18)13-5-12-16-10-3-2-4-11-16/h6-9H,2-5,10-13H2,1H3. The van der Waals surface area contributed by atoms with Crippen LogP contribution >= 0.6 is 0 Å². The second-order valence-electron chi connectivity index (χ2n) is 5.39. The quantitative estimate of drug-likeness (QED) is 0.832. The van der Waals surface area contributed by atoms with Crippen molar-refractivity contribution in [3.05, 3.63) is 29.8 Å². The van der Waals surface area contributed by atoms with Gasteiger partial charge in [0.15, 0.2) is 9.84 Å². The highest BCUT2D eigenvalue weighted by atomic mass is 32.2. The molecule has 0 aliphatic carbocycles. The third kappa shape index (κ3) is 4.32. The number of hydrogen-bond donors (Lipinski definition) is 0. The van der Waals surface area contributed by atoms with Crippen LogP contribution in [0.1, 0.15) is 31.2 Å². The van der Waals surface area contributed by atoms with E-state index in [9.17, 15) is 8.42 Å². The first-order chi connectivity index (χ1) is 9.08. The summed E-state index contributed by atoms with van der Waals surface area (Å²) in [5.41, 5.74) is 1.09. The molecule has 0 atom stereocenters. The Bertz CT molecular complexity index is 487. The number of sulfone groups is 1. The summed E-state index contributed by atoms with van der Waals surface area (Å²) in [6, 6.07) is 7.14. The van der Waals surface area contributed by atoms with Gasteiger partial charge in [0.25, 0.3) is 0 Å². The van der Waals surface area contributed by atoms with E-state index in [1.165, 1.54) is 19.3 Å². The van der Waals surface area contributed by atoms with Gasteiger partial charge in [0.05, 0.1) is 10.6 Å². The van der Waals surface area contributed by atoms with Gasteiger partial charge < -0.3 is 4.90 Å². The van der Waals surface area contributed by atoms with Crippen LogP contribution in [0.4, 0.5) is 0 Å². The summed E-state index contributed by atoms with van der Waals surface area (Å²) < 4.78 is 24.3. The zero-order valence-electron chi connectivity index (χ0n) is 11.6. The molecule has 1 aromatic carbocycles. The minimum absolute atomic E-state index is 0.257. The first-order valence-corrected chi connectivity index (χ1v) is 8.75. The summed E-state index contributed by atoms with van der Waals surface area (Å²) in [7, 11) is -3.10. The highest BCUT2D eigenvalue weighted by Gasteiger charge is 2.15. The molecule has 1 fully saturated rings. The van der Waals surface area contributed by atoms with Crippen LogP contribution in [0, 0.1) is 6.92 Å². The molecular formula is C15H23NO2S. The van der Waals surface area contributed by atoms with E-state index >= 15 is 0 Å². The zero-order valence-corrected chi connectivity index (χ0v) is 12.5. The van der Waals surface area contributed by atoms with E-state index < -0.39 is 9.84 Å². The van der Waals surface area contributed by atoms with Crippen molar-refractivity contribution >= 4 is 9.84 Å². The van der Waals surface area contributed by atoms with Gasteiger partial charge in [0, 0.05) is 0 Å². The Morgan fingerprint density at radius 1 is 1.05 bits per heavy atom. The lowest BCUT2D eigenvalue weighted by Gasteiger charge is -2.26. The van der Waals surface area contributed by atoms with Crippen molar-refractivity contribution < 1.29 is 8.42 Å². The number of rotatable bonds is 5. The van der Waals surface area contributed by atoms with Gasteiger partial charge in [0.1, 0.15) is 0 Å². The van der Waals surface area contributed by atoms with E-state index in [1.807, 2.05) is 19.1 Å². The minimum Gasteiger partial charge on any atom is -0.303 e. The van der Waals surface area contributed by atoms with Crippen molar-refractivity contribution in [2.75, 3.05) is 25.4 Å². The summed E-state index contributed by atoms with van der Waals surface area (Å²) >= 11 is 0. The molecule has 3 nitrogen and oxygen atoms in total. The number of likely N-dealkylation sites (tertiary alicyclic amines) is 1. The number of hydrogen-bond acceptors (Lipinski definition) is 3. The van der Waals surface area contributed by atoms with Crippen LogP contribution in [0.5, 0.6) is 0 Å². The molecule has 0 unspecified atom stereocenters. The summed E-state index contributed by atoms with van der Waals surface area (Å²) in [6.45, 7) is 5.13. The second kappa shape index (κ2) is 6.53. The molecule has 4 heteroatoms. The third-order valence-corrected chi connectivity index (χ3v) is 5.53. The summed E-state index contributed by atoms with van der Waals surface area (Å²) in [5, 5.41) is 0. The van der Waals surface area contributed by atoms with Crippen molar-refractivity contribution in [2.24, 2.45) is 0 Å². The number of aryl methyl sites for hydroxylation is 1. The maximum atomic E-state index is 12.2. The van der Waals surface area contributed by atoms with Crippen molar-refractivity contribution in [1.82, 2.24) is 4.90 Å². The summed E-state index contributed by atoms with van der Waals surface area (Å²) in [4.78, 5) is 2.84. The lowest BCUT2D eigenvalue weighted by atomic mass is 10.1. The van der Waals surface area contributed by atoms with Crippen LogP contribution in [-0.4, -0.2) is 38.7 Å². The fraction of sp³-hybridized carbons (Fsp3) is 0.600. The number of piperidine rings is 1. The molecule has 1 aromatic rings. The van der Waals surface area contributed by atoms with Crippen LogP contribution < -0.4 is 0 Å². The predicted molar refractivity (Wildman–Crippen MR) is 78.1 cm³/mol. The molecule has 1 aliphatic heterocycles. The molecule has 1 saturated heterocycles. The molecule has 0 radical (unpaired) electrons. The van der Waals surface area contributed by atoms with E-state index in [-0.39, 0.29) is 5.75 Å². The van der Waals surface area contributed by atoms with Crippen LogP contribution in [0.2, 0.25) is 0 Å². The maximum absolute atomic E-state index is 12.2. The molecule has 1 heterocycles. The Morgan fingerprint density at radius 3 is 2.32 bits per heavy atom. The Morgan fingerprint density at radius 2 is 1.68 bits per heavy atom. The van der Waals surface area contributed by atoms with Crippen molar-refractivity contribution in [3.8, 4) is 0 Å². The summed E-state index contributed by atoms with van der Waals surface area (Å²) in [5.74, 6) is 0.257. The normalized spacial score (nSPS) is 17.5. The van der Waals surface area contributed by atoms with Gasteiger partial charge in [-0.15, -0.1) is 0 Å². The van der Waals surface area contributed by atoms with E-state index in [0.29, 0.717) is 4.90 Å². The first-order valence-electron chi connectivity index (χ1n) is 7.10. The van der Waals surface area contributed by atoms with Gasteiger partial charge in [-0.2, -0.15) is 0 Å². The minimum atomic E-state index is -3.10. The molecule has 1 aliphatic rings. The number of benzene rings is 1. The topological polar surface area (TPSA) is 37.4 Å². The van der Waals surface area contributed by atoms with Gasteiger partial charge in [0.2, 0.25) is 0 Å². The highest BCUT2D eigenvalue weighted by molar-refractivity contribution is 7.91. The molecular weight excluding hydrogens is 258 g/mol. The van der Waals surface area contributed by atoms with E-state index in [4.69, 9.17) is 0 Å². The number of nitrogens with zero attached hydrogens (tertiary/aromatic N) is 1. The molecule has 0 saturated carbocycles. The summed E-state index contributed by atoms with van der Waals surface area (Å²) in [6.07, 6.45) is 4.56. The highest BCUT2D eigenvalue weighted by Crippen LogP contribution is 2.14. The van der Waals surface area contributed by atoms with Gasteiger partial charge in [-0.3, -0.25) is 0 Å². The average molecular weight is 281 g/mol. The predicted octanol–water partition coefficient (Wildman–Crippen LogP) is 2.64. The van der Waals surface area contributed by atoms with E-state index in [0.717, 1.165) is 31.6 Å². The smallest absolute Gasteiger partial charge is 0.178 e. The Balaban J connectivity index is 1.85. The molecule has 106 valence electrons. The second-order valence-corrected chi connectivity index (χ2v) is 7.50. The maximum Gasteiger partial charge on any atom is 0.178 e. The fourth-order valence-corrected chi connectivity index (χ4v) is 3.82. The van der Waals surface area contributed by atoms with Gasteiger partial charge in [-0.25, -0.2) is 8.42 Å². The van der Waals surface area contributed by atoms with Gasteiger partial charge in [-0.1, -0.05) is 24.1 Å². The molecule has 19 heavy (non-hydrogen) atoms. The molecule has 0 amide bonds. The molecule has 0 bridgehead atoms. The van der Waals surface area contributed by atoms with Crippen molar-refractivity contribution in [1.29, 1.82) is 0 Å². The fourth-order valence-electron chi connectivity index (χ4n) is 2.52. The first kappa shape index (κ1) is 14.5. The molecule has 0 N–H and O–H groups in total. The van der Waals surface area contributed by atoms with Crippen LogP contribution in [-0.2, 0) is 9.84 Å². The molecule has 0 spiro atoms. The molecule has 0 aromatic heterocycles. The lowest BCUT2D eigenvalue weighted by Crippen LogP contribution is -2.31. The Hall–Kier alpha value is -0.870. The van der Waals surface area contributed by atoms with Crippen molar-refractivity contribution in [2.45, 2.75) is 37.5 Å². The third-order valence-electron chi connectivity index (χ3n) is 3.72. The lowest BCUT2D eigenvalue weighted by molar-refractivity contribution is 0.229. The van der Waals surface area contributed by atoms with Crippen molar-refractivity contribution in [3.63, 3.8) is 0 Å². The van der Waals surface area contributed by atoms with Gasteiger partial charge in [-0.05, 0) is 58.0 Å². The van der Waals surface area contributed by atoms with Gasteiger partial charge >= 0.3 is 0 Å².